The van der Waals surface area contributed by atoms with Crippen LogP contribution < -0.4 is 26.2 Å². The van der Waals surface area contributed by atoms with Crippen LogP contribution in [0.25, 0.3) is 77.3 Å². The fraction of sp³-hybridized carbons (Fsp3) is 0. The van der Waals surface area contributed by atoms with E-state index in [1.807, 2.05) is 36.4 Å². The van der Waals surface area contributed by atoms with Gasteiger partial charge >= 0.3 is 0 Å². The Bertz CT molecular complexity index is 3690. The van der Waals surface area contributed by atoms with E-state index in [-0.39, 0.29) is 6.71 Å². The molecule has 0 saturated heterocycles. The van der Waals surface area contributed by atoms with Crippen molar-refractivity contribution in [2.75, 3.05) is 9.80 Å². The molecular weight excluding hydrogens is 814 g/mol. The molecule has 5 nitrogen and oxygen atoms in total. The molecule has 14 rings (SSSR count). The third-order valence-electron chi connectivity index (χ3n) is 13.8. The lowest BCUT2D eigenvalue weighted by atomic mass is 9.33. The van der Waals surface area contributed by atoms with Crippen LogP contribution in [0.3, 0.4) is 0 Å². The fourth-order valence-electron chi connectivity index (χ4n) is 10.8. The third kappa shape index (κ3) is 5.93. The summed E-state index contributed by atoms with van der Waals surface area (Å²) in [5.41, 5.74) is 13.2. The smallest absolute Gasteiger partial charge is 0.252 e. The molecule has 0 amide bonds. The second-order valence-electron chi connectivity index (χ2n) is 17.6. The highest BCUT2D eigenvalue weighted by atomic mass is 15.2. The van der Waals surface area contributed by atoms with E-state index in [1.165, 1.54) is 59.5 Å². The molecule has 2 aliphatic rings. The van der Waals surface area contributed by atoms with Crippen LogP contribution in [0.1, 0.15) is 0 Å². The Hall–Kier alpha value is -8.87. The maximum Gasteiger partial charge on any atom is 0.252 e. The molecular formula is C61H38BN5. The van der Waals surface area contributed by atoms with Gasteiger partial charge < -0.3 is 9.80 Å². The van der Waals surface area contributed by atoms with E-state index < -0.39 is 0 Å². The third-order valence-corrected chi connectivity index (χ3v) is 13.8. The molecule has 0 saturated carbocycles. The van der Waals surface area contributed by atoms with Gasteiger partial charge in [-0.3, -0.25) is 0 Å². The van der Waals surface area contributed by atoms with E-state index in [2.05, 4.69) is 204 Å². The Kier molecular flexibility index (Phi) is 8.31. The first-order valence-corrected chi connectivity index (χ1v) is 22.9. The van der Waals surface area contributed by atoms with Crippen molar-refractivity contribution in [2.24, 2.45) is 0 Å². The number of nitrogens with zero attached hydrogens (tertiary/aromatic N) is 5. The second-order valence-corrected chi connectivity index (χ2v) is 17.6. The zero-order chi connectivity index (χ0) is 44.0. The van der Waals surface area contributed by atoms with Crippen molar-refractivity contribution in [3.8, 4) is 34.2 Å². The largest absolute Gasteiger partial charge is 0.311 e. The van der Waals surface area contributed by atoms with Crippen molar-refractivity contribution >= 4 is 100 Å². The lowest BCUT2D eigenvalue weighted by Crippen LogP contribution is -2.61. The number of anilines is 6. The summed E-state index contributed by atoms with van der Waals surface area (Å²) in [7, 11) is 0. The molecule has 0 spiro atoms. The topological polar surface area (TPSA) is 45.2 Å². The molecule has 0 N–H and O–H groups in total. The van der Waals surface area contributed by atoms with Crippen molar-refractivity contribution < 1.29 is 0 Å². The van der Waals surface area contributed by atoms with Crippen LogP contribution >= 0.6 is 0 Å². The van der Waals surface area contributed by atoms with Crippen LogP contribution in [0.5, 0.6) is 0 Å². The van der Waals surface area contributed by atoms with E-state index in [9.17, 15) is 0 Å². The van der Waals surface area contributed by atoms with Crippen molar-refractivity contribution in [3.05, 3.63) is 231 Å². The average molecular weight is 852 g/mol. The number of benzene rings is 11. The maximum atomic E-state index is 5.34. The van der Waals surface area contributed by atoms with Crippen molar-refractivity contribution in [1.82, 2.24) is 15.0 Å². The van der Waals surface area contributed by atoms with Gasteiger partial charge in [-0.25, -0.2) is 15.0 Å². The number of para-hydroxylation sites is 2. The molecule has 0 aliphatic carbocycles. The lowest BCUT2D eigenvalue weighted by Gasteiger charge is -2.44. The number of hydrogen-bond acceptors (Lipinski definition) is 5. The zero-order valence-electron chi connectivity index (χ0n) is 36.3. The van der Waals surface area contributed by atoms with Gasteiger partial charge in [-0.15, -0.1) is 0 Å². The number of hydrogen-bond donors (Lipinski definition) is 0. The highest BCUT2D eigenvalue weighted by Crippen LogP contribution is 2.48. The normalized spacial score (nSPS) is 12.7. The predicted molar refractivity (Wildman–Crippen MR) is 280 cm³/mol. The van der Waals surface area contributed by atoms with Crippen LogP contribution in [-0.4, -0.2) is 21.7 Å². The zero-order valence-corrected chi connectivity index (χ0v) is 36.3. The molecule has 12 aromatic rings. The first kappa shape index (κ1) is 37.5. The van der Waals surface area contributed by atoms with Gasteiger partial charge in [0.25, 0.3) is 6.71 Å². The van der Waals surface area contributed by atoms with Crippen LogP contribution in [0.2, 0.25) is 0 Å². The van der Waals surface area contributed by atoms with Gasteiger partial charge in [0.1, 0.15) is 0 Å². The molecule has 2 aliphatic heterocycles. The minimum absolute atomic E-state index is 0.103. The highest BCUT2D eigenvalue weighted by Gasteiger charge is 2.44. The summed E-state index contributed by atoms with van der Waals surface area (Å²) in [5, 5.41) is 9.81. The number of aromatic nitrogens is 3. The van der Waals surface area contributed by atoms with E-state index in [0.717, 1.165) is 50.8 Å². The molecule has 3 heterocycles. The molecule has 310 valence electrons. The summed E-state index contributed by atoms with van der Waals surface area (Å²) in [5.74, 6) is 1.86. The highest BCUT2D eigenvalue weighted by molar-refractivity contribution is 7.00. The molecule has 1 aromatic heterocycles. The van der Waals surface area contributed by atoms with Gasteiger partial charge in [0, 0.05) is 50.8 Å². The van der Waals surface area contributed by atoms with E-state index in [1.54, 1.807) is 0 Å². The van der Waals surface area contributed by atoms with Gasteiger partial charge in [-0.1, -0.05) is 182 Å². The quantitative estimate of drug-likeness (QED) is 0.127. The summed E-state index contributed by atoms with van der Waals surface area (Å²) in [4.78, 5) is 20.7. The van der Waals surface area contributed by atoms with Crippen molar-refractivity contribution in [1.29, 1.82) is 0 Å². The molecule has 0 radical (unpaired) electrons. The van der Waals surface area contributed by atoms with Crippen LogP contribution in [0, 0.1) is 0 Å². The maximum absolute atomic E-state index is 5.34. The molecule has 0 fully saturated rings. The molecule has 0 unspecified atom stereocenters. The Balaban J connectivity index is 1.13. The van der Waals surface area contributed by atoms with Gasteiger partial charge in [0.2, 0.25) is 0 Å². The Morgan fingerprint density at radius 1 is 0.284 bits per heavy atom. The Morgan fingerprint density at radius 2 is 0.657 bits per heavy atom. The monoisotopic (exact) mass is 851 g/mol. The molecule has 6 heteroatoms. The summed E-state index contributed by atoms with van der Waals surface area (Å²) >= 11 is 0. The Morgan fingerprint density at radius 3 is 1.10 bits per heavy atom. The second kappa shape index (κ2) is 14.8. The molecule has 0 atom stereocenters. The fourth-order valence-corrected chi connectivity index (χ4v) is 10.8. The SMILES string of the molecule is c1ccc(-c2nc(-c3ccccc3)nc(-c3cc4c5c(c3)N(c3ccccc3)c3cc6c(ccc7ccccc76)cc3B5c3cc5ccc6ccccc6c5cc3N4c3ccccc3)n2)cc1. The summed E-state index contributed by atoms with van der Waals surface area (Å²) < 4.78 is 0. The van der Waals surface area contributed by atoms with Gasteiger partial charge in [-0.05, 0) is 108 Å². The lowest BCUT2D eigenvalue weighted by molar-refractivity contribution is 1.07. The van der Waals surface area contributed by atoms with Crippen LogP contribution in [-0.2, 0) is 0 Å². The van der Waals surface area contributed by atoms with E-state index in [4.69, 9.17) is 15.0 Å². The molecule has 67 heavy (non-hydrogen) atoms. The summed E-state index contributed by atoms with van der Waals surface area (Å²) in [6, 6.07) is 83.2. The minimum atomic E-state index is -0.103. The van der Waals surface area contributed by atoms with Crippen molar-refractivity contribution in [3.63, 3.8) is 0 Å². The Labute approximate surface area is 388 Å². The van der Waals surface area contributed by atoms with E-state index in [0.29, 0.717) is 17.5 Å². The summed E-state index contributed by atoms with van der Waals surface area (Å²) in [6.45, 7) is -0.103. The van der Waals surface area contributed by atoms with Crippen LogP contribution in [0.15, 0.2) is 231 Å². The first-order chi connectivity index (χ1) is 33.2. The number of rotatable bonds is 5. The first-order valence-electron chi connectivity index (χ1n) is 22.9. The molecule has 11 aromatic carbocycles. The van der Waals surface area contributed by atoms with Crippen LogP contribution in [0.4, 0.5) is 34.1 Å². The van der Waals surface area contributed by atoms with E-state index >= 15 is 0 Å². The predicted octanol–water partition coefficient (Wildman–Crippen LogP) is 13.6. The average Bonchev–Trinajstić information content (AvgIpc) is 3.40. The van der Waals surface area contributed by atoms with Gasteiger partial charge in [0.15, 0.2) is 17.5 Å². The van der Waals surface area contributed by atoms with Gasteiger partial charge in [0.05, 0.1) is 0 Å². The van der Waals surface area contributed by atoms with Crippen molar-refractivity contribution in [2.45, 2.75) is 0 Å². The molecule has 0 bridgehead atoms. The number of fused-ring (bicyclic) bond motifs is 10. The van der Waals surface area contributed by atoms with Gasteiger partial charge in [-0.2, -0.15) is 0 Å². The minimum Gasteiger partial charge on any atom is -0.311 e. The summed E-state index contributed by atoms with van der Waals surface area (Å²) in [6.07, 6.45) is 0. The standard InChI is InChI=1S/C61H38BN5/c1-5-19-41(20-6-1)59-63-60(42-21-7-2-8-22-42)65-61(64-59)45-35-56-58-57(36-45)67(47-25-11-4-12-26-47)55-38-51-44(32-30-40-18-14-16-28-49(40)51)34-53(55)62(58)52-33-43-31-29-39-17-13-15-27-48(39)50(43)37-54(52)66(56)46-23-9-3-10-24-46/h1-38H.